The molecule has 0 atom stereocenters. The van der Waals surface area contributed by atoms with Crippen LogP contribution in [0.2, 0.25) is 0 Å². The maximum atomic E-state index is 13.3. The Hall–Kier alpha value is -3.48. The van der Waals surface area contributed by atoms with E-state index in [9.17, 15) is 14.4 Å². The lowest BCUT2D eigenvalue weighted by atomic mass is 9.92. The lowest BCUT2D eigenvalue weighted by Crippen LogP contribution is -2.31. The number of nitrogens with zero attached hydrogens (tertiary/aromatic N) is 2. The molecule has 0 aliphatic carbocycles. The van der Waals surface area contributed by atoms with E-state index in [-0.39, 0.29) is 35.0 Å². The quantitative estimate of drug-likeness (QED) is 0.676. The van der Waals surface area contributed by atoms with Crippen LogP contribution in [-0.4, -0.2) is 22.0 Å². The molecule has 0 bridgehead atoms. The highest BCUT2D eigenvalue weighted by molar-refractivity contribution is 6.35. The van der Waals surface area contributed by atoms with Gasteiger partial charge >= 0.3 is 5.76 Å². The summed E-state index contributed by atoms with van der Waals surface area (Å²) in [5.41, 5.74) is 3.68. The minimum Gasteiger partial charge on any atom is -0.296 e. The van der Waals surface area contributed by atoms with E-state index in [2.05, 4.69) is 14.7 Å². The van der Waals surface area contributed by atoms with Gasteiger partial charge in [-0.05, 0) is 35.1 Å². The van der Waals surface area contributed by atoms with Gasteiger partial charge in [-0.3, -0.25) is 19.1 Å². The standard InChI is InChI=1S/C22H21N3O4/c1-11(2)14-6-5-7-15(12(3)4)18(14)25-20(26)16-9-8-13(10-17(16)21(25)27)19-23-22(28)29-24-19/h5-12H,1-4H3,(H,23,24,28). The molecule has 0 saturated heterocycles. The van der Waals surface area contributed by atoms with Gasteiger partial charge in [0.25, 0.3) is 11.8 Å². The van der Waals surface area contributed by atoms with Gasteiger partial charge in [0.2, 0.25) is 0 Å². The number of benzene rings is 2. The second kappa shape index (κ2) is 6.84. The summed E-state index contributed by atoms with van der Waals surface area (Å²) in [7, 11) is 0. The van der Waals surface area contributed by atoms with Crippen LogP contribution in [0.4, 0.5) is 5.69 Å². The Morgan fingerprint density at radius 2 is 1.52 bits per heavy atom. The molecule has 2 aromatic carbocycles. The molecule has 1 aliphatic heterocycles. The first-order valence-corrected chi connectivity index (χ1v) is 9.51. The van der Waals surface area contributed by atoms with Crippen molar-refractivity contribution in [3.63, 3.8) is 0 Å². The van der Waals surface area contributed by atoms with Crippen LogP contribution in [0.3, 0.4) is 0 Å². The molecule has 2 amide bonds. The monoisotopic (exact) mass is 391 g/mol. The van der Waals surface area contributed by atoms with Gasteiger partial charge in [-0.15, -0.1) is 0 Å². The predicted molar refractivity (Wildman–Crippen MR) is 108 cm³/mol. The Morgan fingerprint density at radius 1 is 0.897 bits per heavy atom. The van der Waals surface area contributed by atoms with E-state index >= 15 is 0 Å². The second-order valence-corrected chi connectivity index (χ2v) is 7.74. The molecule has 2 heterocycles. The van der Waals surface area contributed by atoms with E-state index in [1.807, 2.05) is 45.9 Å². The molecule has 0 saturated carbocycles. The Morgan fingerprint density at radius 3 is 2.07 bits per heavy atom. The van der Waals surface area contributed by atoms with Gasteiger partial charge in [-0.2, -0.15) is 0 Å². The molecule has 4 rings (SSSR count). The largest absolute Gasteiger partial charge is 0.439 e. The summed E-state index contributed by atoms with van der Waals surface area (Å²) in [6, 6.07) is 10.7. The number of rotatable bonds is 4. The fourth-order valence-electron chi connectivity index (χ4n) is 3.72. The molecule has 1 aromatic heterocycles. The van der Waals surface area contributed by atoms with Crippen molar-refractivity contribution < 1.29 is 14.1 Å². The fourth-order valence-corrected chi connectivity index (χ4v) is 3.72. The summed E-state index contributed by atoms with van der Waals surface area (Å²) in [5, 5.41) is 3.65. The van der Waals surface area contributed by atoms with Crippen molar-refractivity contribution >= 4 is 17.5 Å². The van der Waals surface area contributed by atoms with Gasteiger partial charge in [0.1, 0.15) is 0 Å². The molecule has 0 radical (unpaired) electrons. The number of hydrogen-bond acceptors (Lipinski definition) is 5. The van der Waals surface area contributed by atoms with Gasteiger partial charge in [-0.25, -0.2) is 9.69 Å². The van der Waals surface area contributed by atoms with Crippen LogP contribution in [0.15, 0.2) is 45.7 Å². The average molecular weight is 391 g/mol. The zero-order valence-electron chi connectivity index (χ0n) is 16.6. The number of imide groups is 1. The number of carbonyl (C=O) groups is 2. The number of carbonyl (C=O) groups excluding carboxylic acids is 2. The number of amides is 2. The zero-order chi connectivity index (χ0) is 20.9. The van der Waals surface area contributed by atoms with Crippen LogP contribution in [0.5, 0.6) is 0 Å². The van der Waals surface area contributed by atoms with E-state index in [0.29, 0.717) is 16.8 Å². The highest BCUT2D eigenvalue weighted by Crippen LogP contribution is 2.39. The summed E-state index contributed by atoms with van der Waals surface area (Å²) in [4.78, 5) is 41.5. The summed E-state index contributed by atoms with van der Waals surface area (Å²) in [5.74, 6) is -0.917. The Kier molecular flexibility index (Phi) is 4.45. The molecule has 7 nitrogen and oxygen atoms in total. The van der Waals surface area contributed by atoms with Gasteiger partial charge in [0.15, 0.2) is 5.82 Å². The second-order valence-electron chi connectivity index (χ2n) is 7.74. The molecule has 3 aromatic rings. The average Bonchev–Trinajstić information content (AvgIpc) is 3.22. The molecule has 148 valence electrons. The summed E-state index contributed by atoms with van der Waals surface area (Å²) in [6.45, 7) is 8.17. The third-order valence-corrected chi connectivity index (χ3v) is 5.17. The van der Waals surface area contributed by atoms with Crippen molar-refractivity contribution in [3.8, 4) is 11.4 Å². The molecular formula is C22H21N3O4. The zero-order valence-corrected chi connectivity index (χ0v) is 16.6. The van der Waals surface area contributed by atoms with Crippen molar-refractivity contribution in [3.05, 3.63) is 69.2 Å². The van der Waals surface area contributed by atoms with Crippen LogP contribution in [-0.2, 0) is 0 Å². The van der Waals surface area contributed by atoms with E-state index in [0.717, 1.165) is 11.1 Å². The predicted octanol–water partition coefficient (Wildman–Crippen LogP) is 4.08. The molecule has 1 aliphatic rings. The Labute approximate surface area is 167 Å². The number of hydrogen-bond donors (Lipinski definition) is 1. The number of aromatic amines is 1. The molecule has 0 spiro atoms. The minimum absolute atomic E-state index is 0.142. The van der Waals surface area contributed by atoms with Gasteiger partial charge in [-0.1, -0.05) is 57.1 Å². The van der Waals surface area contributed by atoms with Crippen molar-refractivity contribution in [1.82, 2.24) is 10.1 Å². The third-order valence-electron chi connectivity index (χ3n) is 5.17. The lowest BCUT2D eigenvalue weighted by Gasteiger charge is -2.25. The SMILES string of the molecule is CC(C)c1cccc(C(C)C)c1N1C(=O)c2ccc(-c3noc(=O)[nH]3)cc2C1=O. The van der Waals surface area contributed by atoms with Crippen LogP contribution >= 0.6 is 0 Å². The van der Waals surface area contributed by atoms with Crippen LogP contribution in [0.1, 0.15) is 71.4 Å². The van der Waals surface area contributed by atoms with Crippen LogP contribution in [0, 0.1) is 0 Å². The first-order chi connectivity index (χ1) is 13.8. The van der Waals surface area contributed by atoms with Crippen molar-refractivity contribution in [2.45, 2.75) is 39.5 Å². The molecule has 1 N–H and O–H groups in total. The molecule has 0 unspecified atom stereocenters. The van der Waals surface area contributed by atoms with Gasteiger partial charge < -0.3 is 0 Å². The topological polar surface area (TPSA) is 96.3 Å². The highest BCUT2D eigenvalue weighted by atomic mass is 16.5. The smallest absolute Gasteiger partial charge is 0.296 e. The molecule has 29 heavy (non-hydrogen) atoms. The van der Waals surface area contributed by atoms with E-state index in [1.54, 1.807) is 18.2 Å². The molecule has 7 heteroatoms. The summed E-state index contributed by atoms with van der Waals surface area (Å²) in [6.07, 6.45) is 0. The number of para-hydroxylation sites is 1. The fraction of sp³-hybridized carbons (Fsp3) is 0.273. The van der Waals surface area contributed by atoms with Gasteiger partial charge in [0, 0.05) is 5.56 Å². The van der Waals surface area contributed by atoms with Crippen LogP contribution in [0.25, 0.3) is 11.4 Å². The summed E-state index contributed by atoms with van der Waals surface area (Å²) < 4.78 is 4.54. The molecular weight excluding hydrogens is 370 g/mol. The van der Waals surface area contributed by atoms with Gasteiger partial charge in [0.05, 0.1) is 16.8 Å². The van der Waals surface area contributed by atoms with Crippen LogP contribution < -0.4 is 10.7 Å². The number of aromatic nitrogens is 2. The number of nitrogens with one attached hydrogen (secondary N) is 1. The number of H-pyrrole nitrogens is 1. The Balaban J connectivity index is 1.87. The number of anilines is 1. The van der Waals surface area contributed by atoms with Crippen molar-refractivity contribution in [2.24, 2.45) is 0 Å². The summed E-state index contributed by atoms with van der Waals surface area (Å²) >= 11 is 0. The van der Waals surface area contributed by atoms with Crippen molar-refractivity contribution in [2.75, 3.05) is 4.90 Å². The van der Waals surface area contributed by atoms with E-state index in [4.69, 9.17) is 0 Å². The maximum absolute atomic E-state index is 13.3. The maximum Gasteiger partial charge on any atom is 0.439 e. The van der Waals surface area contributed by atoms with E-state index < -0.39 is 5.76 Å². The first-order valence-electron chi connectivity index (χ1n) is 9.51. The Bertz CT molecular complexity index is 1160. The number of fused-ring (bicyclic) bond motifs is 1. The third kappa shape index (κ3) is 2.99. The normalized spacial score (nSPS) is 13.7. The lowest BCUT2D eigenvalue weighted by molar-refractivity contribution is 0.0925. The first kappa shape index (κ1) is 18.9. The van der Waals surface area contributed by atoms with E-state index in [1.165, 1.54) is 4.90 Å². The van der Waals surface area contributed by atoms with Crippen molar-refractivity contribution in [1.29, 1.82) is 0 Å². The minimum atomic E-state index is -0.683. The molecule has 0 fully saturated rings. The highest BCUT2D eigenvalue weighted by Gasteiger charge is 2.39.